The van der Waals surface area contributed by atoms with E-state index in [1.807, 2.05) is 67.5 Å². The summed E-state index contributed by atoms with van der Waals surface area (Å²) in [5.41, 5.74) is 1.44. The number of pyridine rings is 5. The smallest absolute Gasteiger partial charge is 0.272 e. The van der Waals surface area contributed by atoms with Crippen molar-refractivity contribution >= 4 is 200 Å². The number of hydrogen-bond acceptors (Lipinski definition) is 27. The molecule has 0 aliphatic heterocycles. The zero-order chi connectivity index (χ0) is 108. The molecule has 768 valence electrons. The Bertz CT molecular complexity index is 8390. The van der Waals surface area contributed by atoms with E-state index in [4.69, 9.17) is 81.0 Å². The molecule has 0 aliphatic carbocycles. The Kier molecular flexibility index (Phi) is 36.8. The molecule has 0 amide bonds. The molecule has 0 radical (unpaired) electrons. The van der Waals surface area contributed by atoms with Crippen LogP contribution < -0.4 is 37.8 Å². The van der Waals surface area contributed by atoms with Crippen molar-refractivity contribution in [2.75, 3.05) is 23.6 Å². The summed E-state index contributed by atoms with van der Waals surface area (Å²) in [5.74, 6) is -2.89. The number of fused-ring (bicyclic) bond motifs is 1. The SMILES string of the molecule is CC(C)Oc1ccc(S(=O)(=O)Nc2ncc(Cl)cc2C(=O)c2cc3ccccc3o2)cc1.CC(C)Oc1ccc(S(=O)(=O)Nc2ncc(Cl)cc2C(=O)c2cccc(F)c2)cc1.CC(C)Oc1ccc(S(=O)(=O)Nc2ncc(Cl)cc2C(=O)c2cccs2)cc1.CC(C)c1ccc(S(=O)(=O)Nc2ncc(Cl)cc2C(=O)c2cccc(F)c2)cc1.O=C(c1cccc(F)c1)c1cc(Cl)cnc1NS(=O)(=O)c1ccc(-c2ccco2)s1. The molecule has 0 fully saturated rings. The van der Waals surface area contributed by atoms with E-state index < -0.39 is 90.7 Å². The minimum Gasteiger partial charge on any atom is -0.491 e. The molecule has 0 aliphatic rings. The number of para-hydroxylation sites is 1. The first-order valence-corrected chi connectivity index (χ1v) is 55.1. The number of sulfonamides is 5. The number of carbonyl (C=O) groups excluding carboxylic acids is 5. The number of nitrogens with one attached hydrogen (secondary N) is 5. The second kappa shape index (κ2) is 49.1. The largest absolute Gasteiger partial charge is 0.491 e. The average molecular weight is 2250 g/mol. The number of carbonyl (C=O) groups is 5. The van der Waals surface area contributed by atoms with E-state index >= 15 is 0 Å². The third-order valence-corrected chi connectivity index (χ3v) is 30.5. The fraction of sp³-hybridized carbons (Fsp3) is 0.115. The number of halogens is 8. The normalized spacial score (nSPS) is 11.5. The molecule has 0 unspecified atom stereocenters. The Balaban J connectivity index is 0.000000155. The first kappa shape index (κ1) is 112. The Labute approximate surface area is 887 Å². The molecule has 149 heavy (non-hydrogen) atoms. The molecule has 5 N–H and O–H groups in total. The maximum Gasteiger partial charge on any atom is 0.272 e. The molecule has 45 heteroatoms. The van der Waals surface area contributed by atoms with Crippen LogP contribution in [0.1, 0.15) is 146 Å². The molecule has 17 rings (SSSR count). The Morgan fingerprint density at radius 1 is 0.342 bits per heavy atom. The van der Waals surface area contributed by atoms with Gasteiger partial charge in [0.25, 0.3) is 50.1 Å². The van der Waals surface area contributed by atoms with Crippen molar-refractivity contribution in [3.8, 4) is 27.9 Å². The van der Waals surface area contributed by atoms with E-state index in [1.165, 1.54) is 200 Å². The van der Waals surface area contributed by atoms with Gasteiger partial charge in [0.2, 0.25) is 11.6 Å². The van der Waals surface area contributed by atoms with E-state index in [9.17, 15) is 79.2 Å². The second-order valence-electron chi connectivity index (χ2n) is 32.8. The number of furan rings is 2. The van der Waals surface area contributed by atoms with Crippen LogP contribution in [0.15, 0.2) is 342 Å². The van der Waals surface area contributed by atoms with Gasteiger partial charge in [-0.05, 0) is 253 Å². The van der Waals surface area contributed by atoms with Gasteiger partial charge < -0.3 is 23.0 Å². The Morgan fingerprint density at radius 3 is 0.993 bits per heavy atom. The van der Waals surface area contributed by atoms with Crippen LogP contribution in [0.25, 0.3) is 21.6 Å². The number of ether oxygens (including phenoxy) is 3. The van der Waals surface area contributed by atoms with Gasteiger partial charge in [0, 0.05) is 53.1 Å². The van der Waals surface area contributed by atoms with Crippen molar-refractivity contribution < 1.29 is 102 Å². The standard InChI is InChI=1S/C23H19ClN2O5S.C21H18ClFN2O4S.C21H18ClFN2O3S.C20H12ClFN2O4S2.C19H17ClN2O4S2/c1-14(2)30-17-7-9-18(10-8-17)32(28,29)26-23-19(12-16(24)13-25-23)22(27)21-11-15-5-3-4-6-20(15)31-21;1-13(2)29-17-6-8-18(9-7-17)30(27,28)25-21-19(11-15(22)12-24-21)20(26)14-4-3-5-16(23)10-14;1-13(2)14-6-8-18(9-7-14)29(27,28)25-21-19(11-16(22)12-24-21)20(26)15-4-3-5-17(23)10-15;21-13-10-15(19(25)12-3-1-4-14(22)9-12)20(23-11-13)24-30(26,27)18-7-6-17(29-18)16-5-2-8-28-16;1-12(2)26-14-5-7-15(8-6-14)28(24,25)22-19-16(10-13(20)11-21-19)18(23)17-4-3-9-27-17/h3-14H,1-2H3,(H,25,26);3-13H,1-2H3,(H,24,25);3-13H,1-2H3,(H,24,25);1-11H,(H,23,24);3-12H,1-2H3,(H,21,22). The maximum atomic E-state index is 13.5. The van der Waals surface area contributed by atoms with Crippen molar-refractivity contribution in [3.05, 3.63) is 413 Å². The number of aromatic nitrogens is 5. The van der Waals surface area contributed by atoms with Crippen LogP contribution in [-0.2, 0) is 50.1 Å². The van der Waals surface area contributed by atoms with Crippen molar-refractivity contribution in [1.82, 2.24) is 24.9 Å². The fourth-order valence-electron chi connectivity index (χ4n) is 13.5. The van der Waals surface area contributed by atoms with Gasteiger partial charge in [0.1, 0.15) is 50.3 Å². The number of nitrogens with zero attached hydrogens (tertiary/aromatic N) is 5. The Morgan fingerprint density at radius 2 is 0.678 bits per heavy atom. The van der Waals surface area contributed by atoms with Crippen LogP contribution in [0, 0.1) is 17.5 Å². The van der Waals surface area contributed by atoms with Crippen LogP contribution in [0.2, 0.25) is 25.1 Å². The van der Waals surface area contributed by atoms with Crippen LogP contribution in [-0.4, -0.2) is 114 Å². The summed E-state index contributed by atoms with van der Waals surface area (Å²) in [6.45, 7) is 15.2. The topological polar surface area (TPSA) is 435 Å². The van der Waals surface area contributed by atoms with Crippen LogP contribution in [0.3, 0.4) is 0 Å². The molecular formula is C104H84Cl5F3N10O20S7. The molecule has 9 heterocycles. The van der Waals surface area contributed by atoms with E-state index in [1.54, 1.807) is 90.3 Å². The summed E-state index contributed by atoms with van der Waals surface area (Å²) in [6, 6.07) is 64.6. The Hall–Kier alpha value is -14.5. The highest BCUT2D eigenvalue weighted by Gasteiger charge is 2.31. The van der Waals surface area contributed by atoms with E-state index in [0.717, 1.165) is 40.5 Å². The third kappa shape index (κ3) is 30.0. The second-order valence-corrected chi connectivity index (χ2v) is 45.7. The quantitative estimate of drug-likeness (QED) is 0.0238. The van der Waals surface area contributed by atoms with Gasteiger partial charge in [-0.2, -0.15) is 0 Å². The minimum atomic E-state index is -4.06. The number of anilines is 5. The zero-order valence-electron chi connectivity index (χ0n) is 79.0. The molecule has 0 spiro atoms. The van der Waals surface area contributed by atoms with Crippen molar-refractivity contribution in [2.45, 2.75) is 103 Å². The summed E-state index contributed by atoms with van der Waals surface area (Å²) in [5, 5.41) is 3.34. The summed E-state index contributed by atoms with van der Waals surface area (Å²) >= 11 is 32.1. The van der Waals surface area contributed by atoms with Gasteiger partial charge in [0.05, 0.1) is 107 Å². The number of ketones is 5. The molecule has 9 aromatic heterocycles. The van der Waals surface area contributed by atoms with Gasteiger partial charge in [-0.15, -0.1) is 22.7 Å². The number of hydrogen-bond donors (Lipinski definition) is 5. The maximum absolute atomic E-state index is 13.5. The lowest BCUT2D eigenvalue weighted by molar-refractivity contribution is 0.101. The van der Waals surface area contributed by atoms with Crippen molar-refractivity contribution in [2.24, 2.45) is 0 Å². The highest BCUT2D eigenvalue weighted by molar-refractivity contribution is 7.95. The molecule has 0 bridgehead atoms. The van der Waals surface area contributed by atoms with E-state index in [0.29, 0.717) is 38.3 Å². The molecule has 0 atom stereocenters. The first-order valence-electron chi connectivity index (χ1n) is 44.1. The zero-order valence-corrected chi connectivity index (χ0v) is 88.5. The number of rotatable bonds is 33. The summed E-state index contributed by atoms with van der Waals surface area (Å²) in [6.07, 6.45) is 7.56. The monoisotopic (exact) mass is 2250 g/mol. The summed E-state index contributed by atoms with van der Waals surface area (Å²) in [4.78, 5) is 85.3. The molecule has 30 nitrogen and oxygen atoms in total. The van der Waals surface area contributed by atoms with Gasteiger partial charge in [0.15, 0.2) is 52.2 Å². The molecule has 8 aromatic carbocycles. The van der Waals surface area contributed by atoms with Gasteiger partial charge >= 0.3 is 0 Å². The van der Waals surface area contributed by atoms with E-state index in [2.05, 4.69) is 48.5 Å². The first-order chi connectivity index (χ1) is 70.6. The van der Waals surface area contributed by atoms with Crippen molar-refractivity contribution in [3.63, 3.8) is 0 Å². The molecular weight excluding hydrogens is 2170 g/mol. The highest BCUT2D eigenvalue weighted by atomic mass is 35.5. The van der Waals surface area contributed by atoms with Crippen LogP contribution in [0.5, 0.6) is 17.2 Å². The lowest BCUT2D eigenvalue weighted by atomic mass is 10.0. The summed E-state index contributed by atoms with van der Waals surface area (Å²) in [7, 11) is -20.1. The lowest BCUT2D eigenvalue weighted by Crippen LogP contribution is -2.17. The predicted octanol–water partition coefficient (Wildman–Crippen LogP) is 24.9. The number of benzene rings is 8. The highest BCUT2D eigenvalue weighted by Crippen LogP contribution is 2.37. The molecule has 0 saturated heterocycles. The van der Waals surface area contributed by atoms with Gasteiger partial charge in [-0.3, -0.25) is 47.6 Å². The fourth-order valence-corrected chi connectivity index (χ4v) is 21.4. The van der Waals surface area contributed by atoms with Crippen LogP contribution in [0.4, 0.5) is 42.3 Å². The third-order valence-electron chi connectivity index (χ3n) is 20.3. The average Bonchev–Trinajstić information content (AvgIpc) is 1.55. The minimum absolute atomic E-state index is 0.00695. The predicted molar refractivity (Wildman–Crippen MR) is 566 cm³/mol. The molecule has 17 aromatic rings. The lowest BCUT2D eigenvalue weighted by Gasteiger charge is -2.13. The molecule has 0 saturated carbocycles. The van der Waals surface area contributed by atoms with E-state index in [-0.39, 0.29) is 158 Å². The van der Waals surface area contributed by atoms with Gasteiger partial charge in [-0.25, -0.2) is 80.2 Å². The van der Waals surface area contributed by atoms with Crippen molar-refractivity contribution in [1.29, 1.82) is 0 Å². The van der Waals surface area contributed by atoms with Gasteiger partial charge in [-0.1, -0.05) is 145 Å². The summed E-state index contributed by atoms with van der Waals surface area (Å²) < 4.78 is 208. The van der Waals surface area contributed by atoms with Crippen LogP contribution >= 0.6 is 80.7 Å². The number of thiophene rings is 2.